The summed E-state index contributed by atoms with van der Waals surface area (Å²) in [6.07, 6.45) is 0.311. The van der Waals surface area contributed by atoms with Crippen molar-refractivity contribution in [2.45, 2.75) is 83.7 Å². The van der Waals surface area contributed by atoms with E-state index in [-0.39, 0.29) is 112 Å². The average Bonchev–Trinajstić information content (AvgIpc) is 3.91. The Labute approximate surface area is 456 Å². The van der Waals surface area contributed by atoms with E-state index in [0.29, 0.717) is 50.1 Å². The number of hydrogen-bond acceptors (Lipinski definition) is 17. The van der Waals surface area contributed by atoms with Crippen LogP contribution in [0.3, 0.4) is 0 Å². The average molecular weight is 1110 g/mol. The van der Waals surface area contributed by atoms with Crippen LogP contribution in [0.4, 0.5) is 0 Å². The summed E-state index contributed by atoms with van der Waals surface area (Å²) < 4.78 is 1.54. The minimum Gasteiger partial charge on any atom is -0.508 e. The summed E-state index contributed by atoms with van der Waals surface area (Å²) in [5, 5.41) is 86.0. The van der Waals surface area contributed by atoms with Gasteiger partial charge in [0.05, 0.1) is 31.7 Å². The molecule has 5 rings (SSSR count). The lowest BCUT2D eigenvalue weighted by Crippen LogP contribution is -2.52. The second kappa shape index (κ2) is 29.8. The van der Waals surface area contributed by atoms with Crippen molar-refractivity contribution in [3.63, 3.8) is 0 Å². The third-order valence-corrected chi connectivity index (χ3v) is 13.9. The number of benzene rings is 2. The quantitative estimate of drug-likeness (QED) is 0.0541. The normalized spacial score (nSPS) is 16.5. The summed E-state index contributed by atoms with van der Waals surface area (Å²) in [5.74, 6) is -8.54. The van der Waals surface area contributed by atoms with E-state index in [1.807, 2.05) is 38.1 Å². The third-order valence-electron chi connectivity index (χ3n) is 13.9. The highest BCUT2D eigenvalue weighted by atomic mass is 16.4. The van der Waals surface area contributed by atoms with Gasteiger partial charge in [0.15, 0.2) is 5.82 Å². The van der Waals surface area contributed by atoms with Crippen LogP contribution >= 0.6 is 0 Å². The van der Waals surface area contributed by atoms with E-state index < -0.39 is 98.0 Å². The van der Waals surface area contributed by atoms with E-state index >= 15 is 0 Å². The van der Waals surface area contributed by atoms with Gasteiger partial charge in [0.1, 0.15) is 23.6 Å². The topological polar surface area (TPSA) is 378 Å². The lowest BCUT2D eigenvalue weighted by Gasteiger charge is -2.35. The molecular weight excluding hydrogens is 1030 g/mol. The van der Waals surface area contributed by atoms with Crippen molar-refractivity contribution >= 4 is 53.5 Å². The number of aliphatic carboxylic acids is 5. The molecule has 2 atom stereocenters. The van der Waals surface area contributed by atoms with Crippen LogP contribution in [0.5, 0.6) is 11.5 Å². The highest BCUT2D eigenvalue weighted by Gasteiger charge is 2.31. The molecule has 0 saturated carbocycles. The van der Waals surface area contributed by atoms with Crippen molar-refractivity contribution < 1.29 is 78.9 Å². The molecule has 0 radical (unpaired) electrons. The summed E-state index contributed by atoms with van der Waals surface area (Å²) in [4.78, 5) is 120. The minimum absolute atomic E-state index is 0.00134. The summed E-state index contributed by atoms with van der Waals surface area (Å²) in [6.45, 7) is 5.46. The summed E-state index contributed by atoms with van der Waals surface area (Å²) >= 11 is 0. The molecule has 2 aromatic carbocycles. The van der Waals surface area contributed by atoms with Gasteiger partial charge in [0.2, 0.25) is 23.5 Å². The maximum atomic E-state index is 13.5. The summed E-state index contributed by atoms with van der Waals surface area (Å²) in [6, 6.07) is 7.57. The maximum absolute atomic E-state index is 13.5. The number of aromatic nitrogens is 3. The van der Waals surface area contributed by atoms with Gasteiger partial charge in [-0.15, -0.1) is 10.2 Å². The fourth-order valence-corrected chi connectivity index (χ4v) is 9.67. The zero-order chi connectivity index (χ0) is 57.9. The third kappa shape index (κ3) is 19.0. The Morgan fingerprint density at radius 2 is 1.22 bits per heavy atom. The van der Waals surface area contributed by atoms with Gasteiger partial charge in [-0.2, -0.15) is 0 Å². The van der Waals surface area contributed by atoms with Gasteiger partial charge in [0, 0.05) is 96.6 Å². The molecule has 79 heavy (non-hydrogen) atoms. The van der Waals surface area contributed by atoms with Gasteiger partial charge in [0.25, 0.3) is 5.91 Å². The molecule has 2 fully saturated rings. The molecule has 4 amide bonds. The van der Waals surface area contributed by atoms with Gasteiger partial charge in [-0.05, 0) is 80.2 Å². The summed E-state index contributed by atoms with van der Waals surface area (Å²) in [5.41, 5.74) is 2.39. The molecule has 3 aromatic rings. The van der Waals surface area contributed by atoms with E-state index in [1.165, 1.54) is 20.8 Å². The lowest BCUT2D eigenvalue weighted by atomic mass is 9.90. The number of phenols is 2. The first-order valence-electron chi connectivity index (χ1n) is 26.3. The van der Waals surface area contributed by atoms with Crippen LogP contribution in [-0.4, -0.2) is 239 Å². The Kier molecular flexibility index (Phi) is 23.5. The number of phenolic OH excluding ortho intramolecular Hbond substituents is 2. The van der Waals surface area contributed by atoms with Gasteiger partial charge < -0.3 is 56.6 Å². The molecule has 10 N–H and O–H groups in total. The standard InChI is InChI=1S/C52H73N11O16/c1-4-53-51(77)49-57-56-48(37-26-36(32(2)3)40(64)27-41(37)65)63(49)35-7-5-33(6-8-35)25-34-13-15-62(16-14-34)43(67)28-54-50(76)38(9-12-44(68)69)55-42(66)11-10-39(52(78)79)61-23-21-59(30-46(72)73)19-17-58(29-45(70)71)18-20-60(22-24-61)31-47(74)75/h5-8,26-27,32,34,38-39,64-65H,4,9-25,28-31H2,1-3H3,(H,53,77)(H,54,76)(H,55,66)(H,68,69)(H,70,71)(H,72,73)(H,74,75)(H,78,79). The smallest absolute Gasteiger partial charge is 0.320 e. The second-order valence-corrected chi connectivity index (χ2v) is 20.0. The maximum Gasteiger partial charge on any atom is 0.320 e. The summed E-state index contributed by atoms with van der Waals surface area (Å²) in [7, 11) is 0. The van der Waals surface area contributed by atoms with Crippen LogP contribution in [0.2, 0.25) is 0 Å². The molecule has 27 heteroatoms. The Bertz CT molecular complexity index is 2610. The van der Waals surface area contributed by atoms with E-state index in [2.05, 4.69) is 26.1 Å². The number of likely N-dealkylation sites (tertiary alicyclic amines) is 1. The number of rotatable bonds is 25. The minimum atomic E-state index is -1.40. The van der Waals surface area contributed by atoms with Crippen LogP contribution in [0.15, 0.2) is 36.4 Å². The van der Waals surface area contributed by atoms with E-state index in [1.54, 1.807) is 27.4 Å². The predicted molar refractivity (Wildman–Crippen MR) is 281 cm³/mol. The highest BCUT2D eigenvalue weighted by molar-refractivity contribution is 5.93. The Morgan fingerprint density at radius 1 is 0.658 bits per heavy atom. The van der Waals surface area contributed by atoms with Crippen molar-refractivity contribution in [3.05, 3.63) is 53.3 Å². The van der Waals surface area contributed by atoms with Crippen LogP contribution < -0.4 is 16.0 Å². The molecule has 432 valence electrons. The number of piperidine rings is 1. The molecule has 0 spiro atoms. The number of carboxylic acid groups (broad SMARTS) is 5. The molecule has 2 unspecified atom stereocenters. The Morgan fingerprint density at radius 3 is 1.72 bits per heavy atom. The zero-order valence-electron chi connectivity index (χ0n) is 44.7. The molecular formula is C52H73N11O16. The number of carbonyl (C=O) groups is 9. The monoisotopic (exact) mass is 1110 g/mol. The van der Waals surface area contributed by atoms with E-state index in [9.17, 15) is 78.9 Å². The molecule has 3 heterocycles. The fourth-order valence-electron chi connectivity index (χ4n) is 9.67. The van der Waals surface area contributed by atoms with Crippen molar-refractivity contribution in [1.82, 2.24) is 55.2 Å². The zero-order valence-corrected chi connectivity index (χ0v) is 44.7. The molecule has 2 aliphatic heterocycles. The number of carboxylic acids is 5. The largest absolute Gasteiger partial charge is 0.508 e. The first kappa shape index (κ1) is 62.1. The van der Waals surface area contributed by atoms with Crippen LogP contribution in [0.25, 0.3) is 17.1 Å². The molecule has 27 nitrogen and oxygen atoms in total. The number of nitrogens with zero attached hydrogens (tertiary/aromatic N) is 8. The Hall–Kier alpha value is -7.75. The first-order valence-corrected chi connectivity index (χ1v) is 26.3. The number of nitrogens with one attached hydrogen (secondary N) is 3. The van der Waals surface area contributed by atoms with Crippen molar-refractivity contribution in [1.29, 1.82) is 0 Å². The van der Waals surface area contributed by atoms with Gasteiger partial charge >= 0.3 is 29.8 Å². The van der Waals surface area contributed by atoms with Crippen molar-refractivity contribution in [3.8, 4) is 28.6 Å². The predicted octanol–water partition coefficient (Wildman–Crippen LogP) is 0.174. The van der Waals surface area contributed by atoms with Crippen LogP contribution in [-0.2, 0) is 44.8 Å². The van der Waals surface area contributed by atoms with E-state index in [4.69, 9.17) is 0 Å². The number of hydrogen-bond donors (Lipinski definition) is 10. The van der Waals surface area contributed by atoms with Gasteiger partial charge in [-0.1, -0.05) is 26.0 Å². The fraction of sp³-hybridized carbons (Fsp3) is 0.558. The van der Waals surface area contributed by atoms with E-state index in [0.717, 1.165) is 5.56 Å². The molecule has 0 aliphatic carbocycles. The second-order valence-electron chi connectivity index (χ2n) is 20.0. The number of amides is 4. The first-order chi connectivity index (χ1) is 37.5. The van der Waals surface area contributed by atoms with Gasteiger partial charge in [-0.25, -0.2) is 0 Å². The highest BCUT2D eigenvalue weighted by Crippen LogP contribution is 2.38. The number of aromatic hydroxyl groups is 2. The SMILES string of the molecule is CCNC(=O)c1nnc(-c2cc(C(C)C)c(O)cc2O)n1-c1ccc(CC2CCN(C(=O)CNC(=O)C(CCC(=O)O)NC(=O)CCC(C(=O)O)N3CCN(CC(=O)O)CCN(CC(=O)O)CCN(CC(=O)O)CC3)CC2)cc1. The van der Waals surface area contributed by atoms with Crippen LogP contribution in [0.1, 0.15) is 87.0 Å². The lowest BCUT2D eigenvalue weighted by molar-refractivity contribution is -0.145. The van der Waals surface area contributed by atoms with Crippen molar-refractivity contribution in [2.24, 2.45) is 5.92 Å². The molecule has 1 aromatic heterocycles. The number of carbonyl (C=O) groups excluding carboxylic acids is 4. The van der Waals surface area contributed by atoms with Gasteiger partial charge in [-0.3, -0.25) is 67.3 Å². The molecule has 0 bridgehead atoms. The Balaban J connectivity index is 1.17. The molecule has 2 saturated heterocycles. The molecule has 2 aliphatic rings. The van der Waals surface area contributed by atoms with Crippen LogP contribution in [0, 0.1) is 5.92 Å². The van der Waals surface area contributed by atoms with Crippen molar-refractivity contribution in [2.75, 3.05) is 98.2 Å².